The highest BCUT2D eigenvalue weighted by Crippen LogP contribution is 2.13. The smallest absolute Gasteiger partial charge is 0.152 e. The normalized spacial score (nSPS) is 38.6. The summed E-state index contributed by atoms with van der Waals surface area (Å²) in [7, 11) is -2.81. The van der Waals surface area contributed by atoms with Crippen molar-refractivity contribution in [3.05, 3.63) is 0 Å². The summed E-state index contributed by atoms with van der Waals surface area (Å²) < 4.78 is 22.4. The van der Waals surface area contributed by atoms with Crippen LogP contribution in [0.5, 0.6) is 0 Å². The van der Waals surface area contributed by atoms with Crippen molar-refractivity contribution < 1.29 is 13.5 Å². The molecule has 0 saturated carbocycles. The molecule has 6 heteroatoms. The third-order valence-corrected chi connectivity index (χ3v) is 4.61. The van der Waals surface area contributed by atoms with E-state index in [1.54, 1.807) is 0 Å². The Balaban J connectivity index is 1.95. The first kappa shape index (κ1) is 10.4. The lowest BCUT2D eigenvalue weighted by atomic mass is 10.2. The number of rotatable bonds is 1. The molecule has 2 aliphatic rings. The van der Waals surface area contributed by atoms with Crippen molar-refractivity contribution in [2.75, 3.05) is 37.7 Å². The lowest BCUT2D eigenvalue weighted by molar-refractivity contribution is 0.0886. The Hall–Kier alpha value is -0.170. The minimum Gasteiger partial charge on any atom is -0.390 e. The molecule has 0 spiro atoms. The summed E-state index contributed by atoms with van der Waals surface area (Å²) in [4.78, 5) is 2.08. The van der Waals surface area contributed by atoms with Crippen molar-refractivity contribution >= 4 is 9.84 Å². The molecule has 0 aromatic rings. The van der Waals surface area contributed by atoms with Crippen molar-refractivity contribution in [1.29, 1.82) is 0 Å². The number of nitrogens with one attached hydrogen (secondary N) is 1. The second-order valence-electron chi connectivity index (χ2n) is 3.98. The van der Waals surface area contributed by atoms with Crippen molar-refractivity contribution in [2.45, 2.75) is 12.1 Å². The molecular formula is C8H16N2O3S. The predicted octanol–water partition coefficient (Wildman–Crippen LogP) is -1.95. The van der Waals surface area contributed by atoms with E-state index in [2.05, 4.69) is 10.2 Å². The van der Waals surface area contributed by atoms with E-state index in [0.29, 0.717) is 19.6 Å². The Morgan fingerprint density at radius 1 is 1.21 bits per heavy atom. The Morgan fingerprint density at radius 3 is 2.36 bits per heavy atom. The molecule has 0 radical (unpaired) electrons. The molecule has 0 unspecified atom stereocenters. The van der Waals surface area contributed by atoms with Crippen LogP contribution in [-0.4, -0.2) is 68.3 Å². The molecule has 0 aromatic carbocycles. The fourth-order valence-electron chi connectivity index (χ4n) is 2.08. The number of aliphatic hydroxyl groups is 1. The first-order chi connectivity index (χ1) is 6.58. The van der Waals surface area contributed by atoms with E-state index in [1.807, 2.05) is 0 Å². The number of β-amino-alcohol motifs (C(OH)–C–C–N with tert-alkyl or cyclic N) is 1. The SMILES string of the molecule is O=S1(=O)CCN([C@@H]2CNC[C@H]2O)CC1. The molecule has 0 aliphatic carbocycles. The molecule has 14 heavy (non-hydrogen) atoms. The summed E-state index contributed by atoms with van der Waals surface area (Å²) in [5.74, 6) is 0.465. The van der Waals surface area contributed by atoms with E-state index in [1.165, 1.54) is 0 Å². The summed E-state index contributed by atoms with van der Waals surface area (Å²) in [6.45, 7) is 2.51. The van der Waals surface area contributed by atoms with Gasteiger partial charge in [-0.15, -0.1) is 0 Å². The van der Waals surface area contributed by atoms with Crippen LogP contribution in [0, 0.1) is 0 Å². The fourth-order valence-corrected chi connectivity index (χ4v) is 3.31. The quantitative estimate of drug-likeness (QED) is 0.537. The maximum atomic E-state index is 11.2. The molecule has 2 fully saturated rings. The zero-order valence-electron chi connectivity index (χ0n) is 8.02. The standard InChI is InChI=1S/C8H16N2O3S/c11-8-6-9-5-7(8)10-1-3-14(12,13)4-2-10/h7-9,11H,1-6H2/t7-,8-/m1/s1. The molecule has 5 nitrogen and oxygen atoms in total. The first-order valence-electron chi connectivity index (χ1n) is 4.92. The molecular weight excluding hydrogens is 204 g/mol. The van der Waals surface area contributed by atoms with Gasteiger partial charge in [0.1, 0.15) is 0 Å². The maximum Gasteiger partial charge on any atom is 0.152 e. The van der Waals surface area contributed by atoms with Gasteiger partial charge >= 0.3 is 0 Å². The van der Waals surface area contributed by atoms with Crippen molar-refractivity contribution in [3.63, 3.8) is 0 Å². The molecule has 2 saturated heterocycles. The van der Waals surface area contributed by atoms with E-state index in [0.717, 1.165) is 6.54 Å². The van der Waals surface area contributed by atoms with Crippen LogP contribution in [0.3, 0.4) is 0 Å². The van der Waals surface area contributed by atoms with Crippen LogP contribution in [0.4, 0.5) is 0 Å². The molecule has 0 aromatic heterocycles. The fraction of sp³-hybridized carbons (Fsp3) is 1.00. The van der Waals surface area contributed by atoms with Gasteiger partial charge in [-0.2, -0.15) is 0 Å². The van der Waals surface area contributed by atoms with Crippen LogP contribution in [0.2, 0.25) is 0 Å². The number of aliphatic hydroxyl groups excluding tert-OH is 1. The van der Waals surface area contributed by atoms with E-state index >= 15 is 0 Å². The number of hydrogen-bond donors (Lipinski definition) is 2. The summed E-state index contributed by atoms with van der Waals surface area (Å²) in [6.07, 6.45) is -0.351. The lowest BCUT2D eigenvalue weighted by Crippen LogP contribution is -2.50. The Morgan fingerprint density at radius 2 is 1.86 bits per heavy atom. The van der Waals surface area contributed by atoms with Crippen LogP contribution in [-0.2, 0) is 9.84 Å². The third kappa shape index (κ3) is 2.08. The Kier molecular flexibility index (Phi) is 2.79. The van der Waals surface area contributed by atoms with Crippen molar-refractivity contribution in [1.82, 2.24) is 10.2 Å². The molecule has 0 amide bonds. The number of nitrogens with zero attached hydrogens (tertiary/aromatic N) is 1. The van der Waals surface area contributed by atoms with Crippen LogP contribution in [0.15, 0.2) is 0 Å². The number of sulfone groups is 1. The molecule has 2 rings (SSSR count). The van der Waals surface area contributed by atoms with Gasteiger partial charge in [-0.25, -0.2) is 8.42 Å². The van der Waals surface area contributed by atoms with Gasteiger partial charge in [0.2, 0.25) is 0 Å². The van der Waals surface area contributed by atoms with Gasteiger partial charge in [0.15, 0.2) is 9.84 Å². The summed E-state index contributed by atoms with van der Waals surface area (Å²) in [5.41, 5.74) is 0. The van der Waals surface area contributed by atoms with Gasteiger partial charge in [0, 0.05) is 32.2 Å². The highest BCUT2D eigenvalue weighted by atomic mass is 32.2. The molecule has 2 aliphatic heterocycles. The monoisotopic (exact) mass is 220 g/mol. The van der Waals surface area contributed by atoms with Crippen LogP contribution >= 0.6 is 0 Å². The topological polar surface area (TPSA) is 69.6 Å². The second kappa shape index (κ2) is 3.77. The number of hydrogen-bond acceptors (Lipinski definition) is 5. The zero-order chi connectivity index (χ0) is 10.2. The Bertz CT molecular complexity index is 290. The van der Waals surface area contributed by atoms with E-state index in [4.69, 9.17) is 0 Å². The van der Waals surface area contributed by atoms with Gasteiger partial charge < -0.3 is 10.4 Å². The highest BCUT2D eigenvalue weighted by Gasteiger charge is 2.33. The molecule has 0 bridgehead atoms. The largest absolute Gasteiger partial charge is 0.390 e. The highest BCUT2D eigenvalue weighted by molar-refractivity contribution is 7.91. The van der Waals surface area contributed by atoms with Gasteiger partial charge in [0.25, 0.3) is 0 Å². The maximum absolute atomic E-state index is 11.2. The zero-order valence-corrected chi connectivity index (χ0v) is 8.83. The van der Waals surface area contributed by atoms with Crippen molar-refractivity contribution in [2.24, 2.45) is 0 Å². The first-order valence-corrected chi connectivity index (χ1v) is 6.74. The van der Waals surface area contributed by atoms with E-state index in [9.17, 15) is 13.5 Å². The molecule has 2 heterocycles. The summed E-state index contributed by atoms with van der Waals surface area (Å²) >= 11 is 0. The van der Waals surface area contributed by atoms with Gasteiger partial charge in [0.05, 0.1) is 17.6 Å². The Labute approximate surface area is 84.0 Å². The average molecular weight is 220 g/mol. The van der Waals surface area contributed by atoms with E-state index in [-0.39, 0.29) is 23.7 Å². The average Bonchev–Trinajstić information content (AvgIpc) is 2.52. The molecule has 82 valence electrons. The van der Waals surface area contributed by atoms with Gasteiger partial charge in [-0.1, -0.05) is 0 Å². The van der Waals surface area contributed by atoms with E-state index < -0.39 is 9.84 Å². The van der Waals surface area contributed by atoms with Crippen LogP contribution in [0.1, 0.15) is 0 Å². The summed E-state index contributed by atoms with van der Waals surface area (Å²) in [5, 5.41) is 12.7. The summed E-state index contributed by atoms with van der Waals surface area (Å²) in [6, 6.07) is 0.102. The van der Waals surface area contributed by atoms with Gasteiger partial charge in [-0.3, -0.25) is 4.90 Å². The van der Waals surface area contributed by atoms with Crippen molar-refractivity contribution in [3.8, 4) is 0 Å². The third-order valence-electron chi connectivity index (χ3n) is 3.00. The second-order valence-corrected chi connectivity index (χ2v) is 6.28. The van der Waals surface area contributed by atoms with Crippen LogP contribution < -0.4 is 5.32 Å². The molecule has 2 N–H and O–H groups in total. The van der Waals surface area contributed by atoms with Crippen LogP contribution in [0.25, 0.3) is 0 Å². The van der Waals surface area contributed by atoms with Gasteiger partial charge in [-0.05, 0) is 0 Å². The predicted molar refractivity (Wildman–Crippen MR) is 52.9 cm³/mol. The minimum absolute atomic E-state index is 0.102. The lowest BCUT2D eigenvalue weighted by Gasteiger charge is -2.33. The molecule has 2 atom stereocenters. The minimum atomic E-state index is -2.81.